The zero-order valence-electron chi connectivity index (χ0n) is 9.66. The molecule has 0 radical (unpaired) electrons. The van der Waals surface area contributed by atoms with E-state index in [1.807, 2.05) is 0 Å². The smallest absolute Gasteiger partial charge is 0.224 e. The fourth-order valence-corrected chi connectivity index (χ4v) is 1.40. The molecule has 0 unspecified atom stereocenters. The number of nitrogens with two attached hydrogens (primary N) is 1. The van der Waals surface area contributed by atoms with E-state index < -0.39 is 0 Å². The Morgan fingerprint density at radius 2 is 2.29 bits per heavy atom. The SMILES string of the molecule is CNc1ncc(Cl)c(NCCCCC(N)=O)n1. The van der Waals surface area contributed by atoms with Crippen molar-refractivity contribution in [2.45, 2.75) is 19.3 Å². The Labute approximate surface area is 105 Å². The Morgan fingerprint density at radius 1 is 1.53 bits per heavy atom. The van der Waals surface area contributed by atoms with Crippen LogP contribution in [0.15, 0.2) is 6.20 Å². The number of hydrogen-bond acceptors (Lipinski definition) is 5. The van der Waals surface area contributed by atoms with Crippen LogP contribution in [-0.4, -0.2) is 29.5 Å². The van der Waals surface area contributed by atoms with Crippen molar-refractivity contribution in [3.63, 3.8) is 0 Å². The fraction of sp³-hybridized carbons (Fsp3) is 0.500. The Hall–Kier alpha value is -1.56. The van der Waals surface area contributed by atoms with Gasteiger partial charge in [-0.3, -0.25) is 4.79 Å². The molecule has 0 fully saturated rings. The van der Waals surface area contributed by atoms with Crippen LogP contribution in [0.25, 0.3) is 0 Å². The summed E-state index contributed by atoms with van der Waals surface area (Å²) in [5.74, 6) is 0.821. The van der Waals surface area contributed by atoms with Crippen LogP contribution in [0.3, 0.4) is 0 Å². The van der Waals surface area contributed by atoms with E-state index in [1.54, 1.807) is 7.05 Å². The molecule has 0 aliphatic rings. The maximum atomic E-state index is 10.5. The molecule has 0 saturated carbocycles. The average molecular weight is 258 g/mol. The van der Waals surface area contributed by atoms with Crippen LogP contribution in [0.1, 0.15) is 19.3 Å². The molecule has 0 spiro atoms. The van der Waals surface area contributed by atoms with Gasteiger partial charge in [-0.25, -0.2) is 4.98 Å². The van der Waals surface area contributed by atoms with E-state index in [2.05, 4.69) is 20.6 Å². The molecule has 1 aromatic heterocycles. The third-order valence-electron chi connectivity index (χ3n) is 2.11. The van der Waals surface area contributed by atoms with Crippen molar-refractivity contribution in [3.05, 3.63) is 11.2 Å². The van der Waals surface area contributed by atoms with Crippen molar-refractivity contribution >= 4 is 29.3 Å². The second kappa shape index (κ2) is 6.90. The second-order valence-electron chi connectivity index (χ2n) is 3.49. The van der Waals surface area contributed by atoms with Crippen LogP contribution < -0.4 is 16.4 Å². The standard InChI is InChI=1S/C10H16ClN5O/c1-13-10-15-6-7(11)9(16-10)14-5-3-2-4-8(12)17/h6H,2-5H2,1H3,(H2,12,17)(H2,13,14,15,16). The number of carbonyl (C=O) groups excluding carboxylic acids is 1. The molecule has 7 heteroatoms. The number of aromatic nitrogens is 2. The molecule has 1 aromatic rings. The van der Waals surface area contributed by atoms with Crippen molar-refractivity contribution in [2.75, 3.05) is 24.2 Å². The van der Waals surface area contributed by atoms with Gasteiger partial charge in [-0.05, 0) is 12.8 Å². The Balaban J connectivity index is 2.38. The highest BCUT2D eigenvalue weighted by molar-refractivity contribution is 6.32. The van der Waals surface area contributed by atoms with E-state index >= 15 is 0 Å². The lowest BCUT2D eigenvalue weighted by Gasteiger charge is -2.08. The summed E-state index contributed by atoms with van der Waals surface area (Å²) in [5, 5.41) is 6.39. The highest BCUT2D eigenvalue weighted by Crippen LogP contribution is 2.19. The number of anilines is 2. The van der Waals surface area contributed by atoms with Gasteiger partial charge in [0.2, 0.25) is 11.9 Å². The minimum absolute atomic E-state index is 0.275. The number of nitrogens with zero attached hydrogens (tertiary/aromatic N) is 2. The number of nitrogens with one attached hydrogen (secondary N) is 2. The average Bonchev–Trinajstić information content (AvgIpc) is 2.30. The van der Waals surface area contributed by atoms with Crippen LogP contribution in [-0.2, 0) is 4.79 Å². The Bertz CT molecular complexity index is 385. The molecule has 0 atom stereocenters. The van der Waals surface area contributed by atoms with Gasteiger partial charge in [-0.15, -0.1) is 0 Å². The largest absolute Gasteiger partial charge is 0.370 e. The van der Waals surface area contributed by atoms with Gasteiger partial charge in [-0.2, -0.15) is 4.98 Å². The summed E-state index contributed by atoms with van der Waals surface area (Å²) in [6.07, 6.45) is 3.52. The highest BCUT2D eigenvalue weighted by atomic mass is 35.5. The summed E-state index contributed by atoms with van der Waals surface area (Å²) in [4.78, 5) is 18.7. The molecule has 0 aliphatic heterocycles. The summed E-state index contributed by atoms with van der Waals surface area (Å²) in [5.41, 5.74) is 5.04. The van der Waals surface area contributed by atoms with E-state index in [9.17, 15) is 4.79 Å². The molecule has 0 aliphatic carbocycles. The highest BCUT2D eigenvalue weighted by Gasteiger charge is 2.03. The number of amides is 1. The van der Waals surface area contributed by atoms with E-state index in [-0.39, 0.29) is 5.91 Å². The molecule has 94 valence electrons. The van der Waals surface area contributed by atoms with Crippen molar-refractivity contribution in [1.29, 1.82) is 0 Å². The fourth-order valence-electron chi connectivity index (χ4n) is 1.24. The summed E-state index contributed by atoms with van der Waals surface area (Å²) >= 11 is 5.93. The summed E-state index contributed by atoms with van der Waals surface area (Å²) in [6.45, 7) is 0.688. The van der Waals surface area contributed by atoms with Gasteiger partial charge in [0.1, 0.15) is 10.8 Å². The molecular weight excluding hydrogens is 242 g/mol. The Morgan fingerprint density at radius 3 is 2.94 bits per heavy atom. The molecule has 1 heterocycles. The van der Waals surface area contributed by atoms with Gasteiger partial charge < -0.3 is 16.4 Å². The quantitative estimate of drug-likeness (QED) is 0.639. The van der Waals surface area contributed by atoms with Gasteiger partial charge in [0.15, 0.2) is 0 Å². The number of primary amides is 1. The molecule has 6 nitrogen and oxygen atoms in total. The number of rotatable bonds is 7. The first-order chi connectivity index (χ1) is 8.13. The third-order valence-corrected chi connectivity index (χ3v) is 2.39. The first-order valence-electron chi connectivity index (χ1n) is 5.36. The first-order valence-corrected chi connectivity index (χ1v) is 5.73. The maximum absolute atomic E-state index is 10.5. The zero-order chi connectivity index (χ0) is 12.7. The lowest BCUT2D eigenvalue weighted by Crippen LogP contribution is -2.11. The lowest BCUT2D eigenvalue weighted by molar-refractivity contribution is -0.118. The van der Waals surface area contributed by atoms with Crippen LogP contribution in [0, 0.1) is 0 Å². The molecule has 1 amide bonds. The maximum Gasteiger partial charge on any atom is 0.224 e. The van der Waals surface area contributed by atoms with Crippen molar-refractivity contribution in [3.8, 4) is 0 Å². The third kappa shape index (κ3) is 4.86. The van der Waals surface area contributed by atoms with E-state index in [4.69, 9.17) is 17.3 Å². The Kier molecular flexibility index (Phi) is 5.48. The molecule has 0 saturated heterocycles. The van der Waals surface area contributed by atoms with Crippen LogP contribution in [0.4, 0.5) is 11.8 Å². The number of halogens is 1. The predicted molar refractivity (Wildman–Crippen MR) is 68.1 cm³/mol. The van der Waals surface area contributed by atoms with Gasteiger partial charge in [0.25, 0.3) is 0 Å². The molecule has 0 aromatic carbocycles. The topological polar surface area (TPSA) is 92.9 Å². The molecule has 0 bridgehead atoms. The molecule has 4 N–H and O–H groups in total. The normalized spacial score (nSPS) is 10.0. The van der Waals surface area contributed by atoms with Gasteiger partial charge in [0.05, 0.1) is 6.20 Å². The molecule has 1 rings (SSSR count). The molecule has 17 heavy (non-hydrogen) atoms. The van der Waals surface area contributed by atoms with Crippen LogP contribution in [0.2, 0.25) is 5.02 Å². The monoisotopic (exact) mass is 257 g/mol. The van der Waals surface area contributed by atoms with E-state index in [0.29, 0.717) is 29.8 Å². The van der Waals surface area contributed by atoms with Gasteiger partial charge in [0, 0.05) is 20.0 Å². The predicted octanol–water partition coefficient (Wildman–Crippen LogP) is 1.24. The summed E-state index contributed by atoms with van der Waals surface area (Å²) in [6, 6.07) is 0. The van der Waals surface area contributed by atoms with Crippen molar-refractivity contribution in [2.24, 2.45) is 5.73 Å². The first kappa shape index (κ1) is 13.5. The van der Waals surface area contributed by atoms with Crippen LogP contribution in [0.5, 0.6) is 0 Å². The van der Waals surface area contributed by atoms with Crippen molar-refractivity contribution < 1.29 is 4.79 Å². The zero-order valence-corrected chi connectivity index (χ0v) is 10.4. The lowest BCUT2D eigenvalue weighted by atomic mass is 10.2. The van der Waals surface area contributed by atoms with Crippen LogP contribution >= 0.6 is 11.6 Å². The van der Waals surface area contributed by atoms with E-state index in [1.165, 1.54) is 6.20 Å². The minimum atomic E-state index is -0.275. The van der Waals surface area contributed by atoms with Crippen molar-refractivity contribution in [1.82, 2.24) is 9.97 Å². The number of hydrogen-bond donors (Lipinski definition) is 3. The van der Waals surface area contributed by atoms with Gasteiger partial charge >= 0.3 is 0 Å². The van der Waals surface area contributed by atoms with E-state index in [0.717, 1.165) is 12.8 Å². The number of unbranched alkanes of at least 4 members (excludes halogenated alkanes) is 1. The molecular formula is C10H16ClN5O. The number of carbonyl (C=O) groups is 1. The van der Waals surface area contributed by atoms with Gasteiger partial charge in [-0.1, -0.05) is 11.6 Å². The second-order valence-corrected chi connectivity index (χ2v) is 3.90. The summed E-state index contributed by atoms with van der Waals surface area (Å²) in [7, 11) is 1.74. The minimum Gasteiger partial charge on any atom is -0.370 e. The summed E-state index contributed by atoms with van der Waals surface area (Å²) < 4.78 is 0.